The Morgan fingerprint density at radius 2 is 2.10 bits per heavy atom. The van der Waals surface area contributed by atoms with Gasteiger partial charge >= 0.3 is 0 Å². The summed E-state index contributed by atoms with van der Waals surface area (Å²) in [5, 5.41) is 2.86. The highest BCUT2D eigenvalue weighted by atomic mass is 35.5. The third kappa shape index (κ3) is 4.17. The molecule has 2 aromatic heterocycles. The Morgan fingerprint density at radius 3 is 2.87 bits per heavy atom. The molecule has 1 atom stereocenters. The van der Waals surface area contributed by atoms with Crippen molar-refractivity contribution in [2.24, 2.45) is 0 Å². The van der Waals surface area contributed by atoms with Crippen molar-refractivity contribution >= 4 is 29.2 Å². The third-order valence-corrected chi connectivity index (χ3v) is 4.97. The highest BCUT2D eigenvalue weighted by molar-refractivity contribution is 6.33. The predicted octanol–water partition coefficient (Wildman–Crippen LogP) is 2.79. The average Bonchev–Trinajstić information content (AvgIpc) is 2.86. The lowest BCUT2D eigenvalue weighted by atomic mass is 10.1. The molecule has 158 valence electrons. The predicted molar refractivity (Wildman–Crippen MR) is 112 cm³/mol. The molecule has 0 spiro atoms. The lowest BCUT2D eigenvalue weighted by Crippen LogP contribution is -2.49. The molecule has 0 unspecified atom stereocenters. The first kappa shape index (κ1) is 20.7. The van der Waals surface area contributed by atoms with E-state index in [0.29, 0.717) is 10.7 Å². The van der Waals surface area contributed by atoms with E-state index in [9.17, 15) is 14.0 Å². The van der Waals surface area contributed by atoms with Gasteiger partial charge in [-0.05, 0) is 13.0 Å². The van der Waals surface area contributed by atoms with Crippen molar-refractivity contribution in [1.82, 2.24) is 20.3 Å². The Balaban J connectivity index is 1.57. The van der Waals surface area contributed by atoms with E-state index < -0.39 is 23.7 Å². The van der Waals surface area contributed by atoms with Crippen molar-refractivity contribution < 1.29 is 18.7 Å². The van der Waals surface area contributed by atoms with Gasteiger partial charge in [-0.3, -0.25) is 14.5 Å². The summed E-state index contributed by atoms with van der Waals surface area (Å²) in [7, 11) is 1.47. The first-order valence-corrected chi connectivity index (χ1v) is 9.67. The molecule has 1 aromatic carbocycles. The van der Waals surface area contributed by atoms with Crippen LogP contribution in [0.2, 0.25) is 5.02 Å². The summed E-state index contributed by atoms with van der Waals surface area (Å²) in [6, 6.07) is 7.58. The topological polar surface area (TPSA) is 97.3 Å². The van der Waals surface area contributed by atoms with Crippen molar-refractivity contribution in [3.8, 4) is 17.0 Å². The largest absolute Gasteiger partial charge is 0.487 e. The Morgan fingerprint density at radius 1 is 1.29 bits per heavy atom. The van der Waals surface area contributed by atoms with Gasteiger partial charge in [-0.25, -0.2) is 19.3 Å². The van der Waals surface area contributed by atoms with Gasteiger partial charge in [0, 0.05) is 18.7 Å². The van der Waals surface area contributed by atoms with Gasteiger partial charge in [-0.1, -0.05) is 35.4 Å². The minimum Gasteiger partial charge on any atom is -0.487 e. The second-order valence-electron chi connectivity index (χ2n) is 6.97. The van der Waals surface area contributed by atoms with Crippen molar-refractivity contribution in [2.45, 2.75) is 13.0 Å². The van der Waals surface area contributed by atoms with Gasteiger partial charge in [-0.15, -0.1) is 0 Å². The van der Waals surface area contributed by atoms with E-state index in [4.69, 9.17) is 16.3 Å². The first-order chi connectivity index (χ1) is 14.8. The number of amides is 2. The molecule has 1 aliphatic rings. The lowest BCUT2D eigenvalue weighted by Gasteiger charge is -2.19. The Labute approximate surface area is 182 Å². The number of hydrogen-bond acceptors (Lipinski definition) is 6. The molecule has 8 nitrogen and oxygen atoms in total. The van der Waals surface area contributed by atoms with Crippen LogP contribution in [0.25, 0.3) is 11.3 Å². The number of aryl methyl sites for hydroxylation is 1. The SMILES string of the molecule is Cc1cccc(-c2nc(C(=O)N[C@H]3COc4cc(F)cnc4N(C)C3=O)ncc2Cl)c1. The van der Waals surface area contributed by atoms with Gasteiger partial charge in [0.2, 0.25) is 5.82 Å². The number of benzene rings is 1. The molecule has 3 heterocycles. The van der Waals surface area contributed by atoms with Crippen LogP contribution in [0.3, 0.4) is 0 Å². The van der Waals surface area contributed by atoms with Crippen LogP contribution in [0.5, 0.6) is 5.75 Å². The van der Waals surface area contributed by atoms with Crippen LogP contribution in [-0.2, 0) is 4.79 Å². The number of carbonyl (C=O) groups is 2. The Kier molecular flexibility index (Phi) is 5.51. The number of likely N-dealkylation sites (N-methyl/N-ethyl adjacent to an activating group) is 1. The number of aromatic nitrogens is 3. The molecule has 0 fully saturated rings. The summed E-state index contributed by atoms with van der Waals surface area (Å²) < 4.78 is 19.0. The zero-order valence-corrected chi connectivity index (χ0v) is 17.4. The standard InChI is InChI=1S/C21H17ClFN5O3/c1-11-4-3-5-12(6-11)17-14(22)9-24-18(27-17)20(29)26-15-10-31-16-7-13(23)8-25-19(16)28(2)21(15)30/h3-9,15H,10H2,1-2H3,(H,26,29)/t15-/m0/s1. The van der Waals surface area contributed by atoms with Gasteiger partial charge in [0.15, 0.2) is 11.6 Å². The van der Waals surface area contributed by atoms with Crippen LogP contribution in [0.1, 0.15) is 16.2 Å². The van der Waals surface area contributed by atoms with Gasteiger partial charge in [0.1, 0.15) is 18.5 Å². The summed E-state index contributed by atoms with van der Waals surface area (Å²) in [4.78, 5) is 38.9. The molecular weight excluding hydrogens is 425 g/mol. The van der Waals surface area contributed by atoms with E-state index in [1.54, 1.807) is 0 Å². The minimum absolute atomic E-state index is 0.108. The minimum atomic E-state index is -1.04. The van der Waals surface area contributed by atoms with Crippen LogP contribution >= 0.6 is 11.6 Å². The lowest BCUT2D eigenvalue weighted by molar-refractivity contribution is -0.120. The smallest absolute Gasteiger partial charge is 0.289 e. The van der Waals surface area contributed by atoms with Gasteiger partial charge < -0.3 is 10.1 Å². The Hall–Kier alpha value is -3.59. The van der Waals surface area contributed by atoms with E-state index in [-0.39, 0.29) is 24.0 Å². The van der Waals surface area contributed by atoms with Gasteiger partial charge in [0.05, 0.1) is 23.1 Å². The summed E-state index contributed by atoms with van der Waals surface area (Å²) in [6.07, 6.45) is 2.32. The number of pyridine rings is 1. The maximum Gasteiger partial charge on any atom is 0.289 e. The van der Waals surface area contributed by atoms with Crippen LogP contribution in [0.4, 0.5) is 10.2 Å². The van der Waals surface area contributed by atoms with E-state index in [0.717, 1.165) is 23.4 Å². The summed E-state index contributed by atoms with van der Waals surface area (Å²) in [5.41, 5.74) is 2.14. The molecule has 10 heteroatoms. The number of halogens is 2. The number of hydrogen-bond donors (Lipinski definition) is 1. The number of carbonyl (C=O) groups excluding carboxylic acids is 2. The fourth-order valence-corrected chi connectivity index (χ4v) is 3.35. The van der Waals surface area contributed by atoms with Crippen molar-refractivity contribution in [1.29, 1.82) is 0 Å². The van der Waals surface area contributed by atoms with E-state index in [1.165, 1.54) is 18.1 Å². The van der Waals surface area contributed by atoms with Crippen LogP contribution in [0.15, 0.2) is 42.7 Å². The quantitative estimate of drug-likeness (QED) is 0.671. The van der Waals surface area contributed by atoms with Crippen molar-refractivity contribution in [3.05, 3.63) is 65.0 Å². The molecule has 0 saturated heterocycles. The van der Waals surface area contributed by atoms with E-state index in [1.807, 2.05) is 31.2 Å². The van der Waals surface area contributed by atoms with Gasteiger partial charge in [0.25, 0.3) is 11.8 Å². The molecule has 0 aliphatic carbocycles. The summed E-state index contributed by atoms with van der Waals surface area (Å²) in [6.45, 7) is 1.73. The third-order valence-electron chi connectivity index (χ3n) is 4.70. The van der Waals surface area contributed by atoms with Crippen LogP contribution < -0.4 is 15.0 Å². The monoisotopic (exact) mass is 441 g/mol. The van der Waals surface area contributed by atoms with Crippen molar-refractivity contribution in [2.75, 3.05) is 18.6 Å². The number of fused-ring (bicyclic) bond motifs is 1. The number of nitrogens with zero attached hydrogens (tertiary/aromatic N) is 4. The summed E-state index contributed by atoms with van der Waals surface area (Å²) >= 11 is 6.23. The zero-order chi connectivity index (χ0) is 22.1. The first-order valence-electron chi connectivity index (χ1n) is 9.30. The highest BCUT2D eigenvalue weighted by Crippen LogP contribution is 2.29. The number of ether oxygens (including phenoxy) is 1. The molecular formula is C21H17ClFN5O3. The average molecular weight is 442 g/mol. The van der Waals surface area contributed by atoms with Crippen molar-refractivity contribution in [3.63, 3.8) is 0 Å². The zero-order valence-electron chi connectivity index (χ0n) is 16.6. The van der Waals surface area contributed by atoms with E-state index in [2.05, 4.69) is 20.3 Å². The molecule has 1 aliphatic heterocycles. The number of rotatable bonds is 3. The fraction of sp³-hybridized carbons (Fsp3) is 0.190. The van der Waals surface area contributed by atoms with Crippen LogP contribution in [0, 0.1) is 12.7 Å². The molecule has 0 bridgehead atoms. The van der Waals surface area contributed by atoms with E-state index >= 15 is 0 Å². The number of anilines is 1. The molecule has 4 rings (SSSR count). The molecule has 0 radical (unpaired) electrons. The van der Waals surface area contributed by atoms with Crippen LogP contribution in [-0.4, -0.2) is 46.5 Å². The maximum atomic E-state index is 13.5. The Bertz CT molecular complexity index is 1190. The second kappa shape index (κ2) is 8.27. The molecule has 2 amide bonds. The molecule has 31 heavy (non-hydrogen) atoms. The molecule has 0 saturated carbocycles. The highest BCUT2D eigenvalue weighted by Gasteiger charge is 2.32. The second-order valence-corrected chi connectivity index (χ2v) is 7.38. The summed E-state index contributed by atoms with van der Waals surface area (Å²) in [5.74, 6) is -1.63. The molecule has 3 aromatic rings. The van der Waals surface area contributed by atoms with Gasteiger partial charge in [-0.2, -0.15) is 0 Å². The normalized spacial score (nSPS) is 15.7. The molecule has 1 N–H and O–H groups in total. The maximum absolute atomic E-state index is 13.5. The fourth-order valence-electron chi connectivity index (χ4n) is 3.15. The number of nitrogens with one attached hydrogen (secondary N) is 1.